The molecule has 0 aliphatic heterocycles. The molecule has 1 aromatic heterocycles. The van der Waals surface area contributed by atoms with E-state index < -0.39 is 0 Å². The second-order valence-corrected chi connectivity index (χ2v) is 5.45. The fraction of sp³-hybridized carbons (Fsp3) is 0.286. The van der Waals surface area contributed by atoms with Crippen LogP contribution >= 0.6 is 23.2 Å². The lowest BCUT2D eigenvalue weighted by Gasteiger charge is -2.11. The molecule has 18 heavy (non-hydrogen) atoms. The Labute approximate surface area is 115 Å². The predicted molar refractivity (Wildman–Crippen MR) is 73.8 cm³/mol. The van der Waals surface area contributed by atoms with Crippen LogP contribution in [-0.2, 0) is 12.8 Å². The maximum atomic E-state index is 11.9. The number of nitrogens with zero attached hydrogens (tertiary/aromatic N) is 1. The van der Waals surface area contributed by atoms with E-state index in [0.29, 0.717) is 10.0 Å². The van der Waals surface area contributed by atoms with Crippen LogP contribution in [0.3, 0.4) is 0 Å². The average Bonchev–Trinajstić information content (AvgIpc) is 2.72. The zero-order valence-electron chi connectivity index (χ0n) is 9.89. The molecule has 1 aliphatic rings. The number of hydrogen-bond acceptors (Lipinski definition) is 2. The van der Waals surface area contributed by atoms with Crippen molar-refractivity contribution >= 4 is 39.9 Å². The van der Waals surface area contributed by atoms with Crippen molar-refractivity contribution < 1.29 is 4.79 Å². The van der Waals surface area contributed by atoms with Gasteiger partial charge in [0.1, 0.15) is 0 Å². The Hall–Kier alpha value is -1.12. The number of benzene rings is 1. The van der Waals surface area contributed by atoms with Gasteiger partial charge >= 0.3 is 0 Å². The Morgan fingerprint density at radius 1 is 1.28 bits per heavy atom. The van der Waals surface area contributed by atoms with Gasteiger partial charge in [-0.05, 0) is 43.9 Å². The Balaban J connectivity index is 2.50. The van der Waals surface area contributed by atoms with E-state index in [9.17, 15) is 4.79 Å². The summed E-state index contributed by atoms with van der Waals surface area (Å²) in [5.41, 5.74) is 3.54. The Morgan fingerprint density at radius 3 is 2.78 bits per heavy atom. The molecule has 1 heterocycles. The van der Waals surface area contributed by atoms with Crippen LogP contribution in [0, 0.1) is 0 Å². The van der Waals surface area contributed by atoms with Crippen molar-refractivity contribution in [3.63, 3.8) is 0 Å². The molecule has 0 fully saturated rings. The largest absolute Gasteiger partial charge is 0.294 e. The number of fused-ring (bicyclic) bond motifs is 2. The van der Waals surface area contributed by atoms with E-state index in [1.165, 1.54) is 0 Å². The van der Waals surface area contributed by atoms with E-state index in [4.69, 9.17) is 23.2 Å². The third-order valence-corrected chi connectivity index (χ3v) is 3.90. The second kappa shape index (κ2) is 4.22. The van der Waals surface area contributed by atoms with Gasteiger partial charge in [0.05, 0.1) is 10.5 Å². The average molecular weight is 280 g/mol. The van der Waals surface area contributed by atoms with Crippen LogP contribution < -0.4 is 0 Å². The number of hydrogen-bond donors (Lipinski definition) is 0. The molecule has 0 N–H and O–H groups in total. The Morgan fingerprint density at radius 2 is 2.06 bits per heavy atom. The molecule has 1 aliphatic carbocycles. The number of pyridine rings is 1. The van der Waals surface area contributed by atoms with E-state index in [1.54, 1.807) is 19.1 Å². The summed E-state index contributed by atoms with van der Waals surface area (Å²) in [6.07, 6.45) is 2.88. The second-order valence-electron chi connectivity index (χ2n) is 4.60. The predicted octanol–water partition coefficient (Wildman–Crippen LogP) is 4.23. The minimum absolute atomic E-state index is 0.0461. The quantitative estimate of drug-likeness (QED) is 0.731. The number of Topliss-reactive ketones (excluding diaryl/α,β-unsaturated/α-hetero) is 1. The molecule has 0 unspecified atom stereocenters. The molecule has 4 heteroatoms. The van der Waals surface area contributed by atoms with Crippen molar-refractivity contribution in [2.75, 3.05) is 0 Å². The molecule has 0 spiro atoms. The van der Waals surface area contributed by atoms with Gasteiger partial charge in [0.2, 0.25) is 0 Å². The van der Waals surface area contributed by atoms with Crippen LogP contribution in [0.5, 0.6) is 0 Å². The molecule has 0 bridgehead atoms. The van der Waals surface area contributed by atoms with Gasteiger partial charge < -0.3 is 0 Å². The molecule has 0 saturated heterocycles. The summed E-state index contributed by atoms with van der Waals surface area (Å²) >= 11 is 12.2. The number of aryl methyl sites for hydroxylation is 1. The monoisotopic (exact) mass is 279 g/mol. The fourth-order valence-corrected chi connectivity index (χ4v) is 3.28. The minimum Gasteiger partial charge on any atom is -0.294 e. The fourth-order valence-electron chi connectivity index (χ4n) is 2.70. The van der Waals surface area contributed by atoms with Crippen LogP contribution in [0.2, 0.25) is 10.0 Å². The number of carbonyl (C=O) groups is 1. The lowest BCUT2D eigenvalue weighted by molar-refractivity contribution is 0.101. The summed E-state index contributed by atoms with van der Waals surface area (Å²) in [5, 5.41) is 1.80. The summed E-state index contributed by atoms with van der Waals surface area (Å²) in [7, 11) is 0. The highest BCUT2D eigenvalue weighted by atomic mass is 35.5. The zero-order valence-corrected chi connectivity index (χ0v) is 11.4. The molecule has 1 aromatic carbocycles. The maximum absolute atomic E-state index is 11.9. The van der Waals surface area contributed by atoms with Crippen LogP contribution in [0.1, 0.15) is 35.0 Å². The molecule has 3 rings (SSSR count). The lowest BCUT2D eigenvalue weighted by Crippen LogP contribution is -2.03. The first-order valence-corrected chi connectivity index (χ1v) is 6.65. The standard InChI is InChI=1S/C14H11Cl2NO/c1-7(18)13-9-3-2-4-11(9)17-12-6-8(15)5-10(16)14(12)13/h5-6H,2-4H2,1H3. The summed E-state index contributed by atoms with van der Waals surface area (Å²) in [5.74, 6) is 0.0461. The van der Waals surface area contributed by atoms with Crippen molar-refractivity contribution in [2.24, 2.45) is 0 Å². The summed E-state index contributed by atoms with van der Waals surface area (Å²) in [6, 6.07) is 3.44. The number of halogens is 2. The molecular formula is C14H11Cl2NO. The van der Waals surface area contributed by atoms with Gasteiger partial charge in [-0.2, -0.15) is 0 Å². The number of carbonyl (C=O) groups excluding carboxylic acids is 1. The molecular weight excluding hydrogens is 269 g/mol. The van der Waals surface area contributed by atoms with Crippen LogP contribution in [0.25, 0.3) is 10.9 Å². The number of aromatic nitrogens is 1. The van der Waals surface area contributed by atoms with Gasteiger partial charge in [-0.1, -0.05) is 23.2 Å². The van der Waals surface area contributed by atoms with Gasteiger partial charge in [0.15, 0.2) is 5.78 Å². The highest BCUT2D eigenvalue weighted by Gasteiger charge is 2.23. The van der Waals surface area contributed by atoms with Crippen molar-refractivity contribution in [1.82, 2.24) is 4.98 Å². The van der Waals surface area contributed by atoms with Gasteiger partial charge in [-0.15, -0.1) is 0 Å². The van der Waals surface area contributed by atoms with Crippen molar-refractivity contribution in [3.8, 4) is 0 Å². The molecule has 0 radical (unpaired) electrons. The smallest absolute Gasteiger partial charge is 0.160 e. The summed E-state index contributed by atoms with van der Waals surface area (Å²) < 4.78 is 0. The highest BCUT2D eigenvalue weighted by Crippen LogP contribution is 2.35. The van der Waals surface area contributed by atoms with Gasteiger partial charge in [-0.3, -0.25) is 9.78 Å². The third-order valence-electron chi connectivity index (χ3n) is 3.38. The number of ketones is 1. The molecule has 0 saturated carbocycles. The third kappa shape index (κ3) is 1.72. The van der Waals surface area contributed by atoms with E-state index in [2.05, 4.69) is 4.98 Å². The molecule has 2 aromatic rings. The van der Waals surface area contributed by atoms with E-state index >= 15 is 0 Å². The van der Waals surface area contributed by atoms with Gasteiger partial charge in [0.25, 0.3) is 0 Å². The molecule has 0 amide bonds. The Bertz CT molecular complexity index is 679. The van der Waals surface area contributed by atoms with E-state index in [-0.39, 0.29) is 5.78 Å². The van der Waals surface area contributed by atoms with Gasteiger partial charge in [0, 0.05) is 21.7 Å². The SMILES string of the molecule is CC(=O)c1c2c(nc3cc(Cl)cc(Cl)c13)CCC2. The summed E-state index contributed by atoms with van der Waals surface area (Å²) in [6.45, 7) is 1.58. The number of rotatable bonds is 1. The lowest BCUT2D eigenvalue weighted by atomic mass is 9.98. The Kier molecular flexibility index (Phi) is 2.80. The topological polar surface area (TPSA) is 30.0 Å². The summed E-state index contributed by atoms with van der Waals surface area (Å²) in [4.78, 5) is 16.5. The molecule has 92 valence electrons. The first kappa shape index (κ1) is 11.9. The highest BCUT2D eigenvalue weighted by molar-refractivity contribution is 6.39. The van der Waals surface area contributed by atoms with Crippen molar-refractivity contribution in [2.45, 2.75) is 26.2 Å². The first-order chi connectivity index (χ1) is 8.58. The normalized spacial score (nSPS) is 13.9. The van der Waals surface area contributed by atoms with Crippen LogP contribution in [0.4, 0.5) is 0 Å². The zero-order chi connectivity index (χ0) is 12.9. The van der Waals surface area contributed by atoms with E-state index in [1.807, 2.05) is 0 Å². The van der Waals surface area contributed by atoms with Crippen molar-refractivity contribution in [1.29, 1.82) is 0 Å². The van der Waals surface area contributed by atoms with Crippen LogP contribution in [0.15, 0.2) is 12.1 Å². The van der Waals surface area contributed by atoms with E-state index in [0.717, 1.165) is 47.0 Å². The molecule has 0 atom stereocenters. The first-order valence-electron chi connectivity index (χ1n) is 5.89. The van der Waals surface area contributed by atoms with Gasteiger partial charge in [-0.25, -0.2) is 0 Å². The minimum atomic E-state index is 0.0461. The van der Waals surface area contributed by atoms with Crippen LogP contribution in [-0.4, -0.2) is 10.8 Å². The maximum Gasteiger partial charge on any atom is 0.160 e. The van der Waals surface area contributed by atoms with Crippen molar-refractivity contribution in [3.05, 3.63) is 39.0 Å². The molecule has 2 nitrogen and oxygen atoms in total.